The summed E-state index contributed by atoms with van der Waals surface area (Å²) < 4.78 is 4.09. The number of aryl methyl sites for hydroxylation is 2. The first-order chi connectivity index (χ1) is 26.1. The van der Waals surface area contributed by atoms with Gasteiger partial charge in [0.15, 0.2) is 5.82 Å². The van der Waals surface area contributed by atoms with E-state index in [1.807, 2.05) is 48.8 Å². The lowest BCUT2D eigenvalue weighted by molar-refractivity contribution is -0.136. The number of carbonyl (C=O) groups excluding carboxylic acids is 4. The molecule has 0 spiro atoms. The number of carbonyl (C=O) groups is 4. The van der Waals surface area contributed by atoms with E-state index in [2.05, 4.69) is 43.8 Å². The third kappa shape index (κ3) is 6.27. The highest BCUT2D eigenvalue weighted by molar-refractivity contribution is 7.15. The van der Waals surface area contributed by atoms with Crippen LogP contribution in [0.25, 0.3) is 11.1 Å². The first-order valence-corrected chi connectivity index (χ1v) is 18.7. The molecule has 12 nitrogen and oxygen atoms in total. The van der Waals surface area contributed by atoms with Crippen molar-refractivity contribution in [3.05, 3.63) is 121 Å². The molecule has 3 aliphatic rings. The van der Waals surface area contributed by atoms with Crippen LogP contribution in [0, 0.1) is 25.7 Å². The fraction of sp³-hybridized carbons (Fsp3) is 0.250. The Morgan fingerprint density at radius 3 is 2.65 bits per heavy atom. The van der Waals surface area contributed by atoms with Crippen LogP contribution in [-0.2, 0) is 22.7 Å². The number of piperidine rings is 1. The maximum atomic E-state index is 13.5. The molecule has 14 heteroatoms. The molecule has 4 amide bonds. The van der Waals surface area contributed by atoms with Crippen LogP contribution < -0.4 is 5.32 Å². The molecule has 3 aromatic heterocycles. The van der Waals surface area contributed by atoms with E-state index in [4.69, 9.17) is 16.6 Å². The van der Waals surface area contributed by atoms with E-state index in [1.54, 1.807) is 42.1 Å². The van der Waals surface area contributed by atoms with E-state index < -0.39 is 29.7 Å². The number of nitrogens with zero attached hydrogens (tertiary/aromatic N) is 7. The fourth-order valence-electron chi connectivity index (χ4n) is 7.15. The Morgan fingerprint density at radius 1 is 1.04 bits per heavy atom. The Kier molecular flexibility index (Phi) is 9.17. The van der Waals surface area contributed by atoms with Crippen molar-refractivity contribution in [2.75, 3.05) is 0 Å². The van der Waals surface area contributed by atoms with E-state index >= 15 is 0 Å². The third-order valence-corrected chi connectivity index (χ3v) is 11.3. The van der Waals surface area contributed by atoms with Gasteiger partial charge in [-0.15, -0.1) is 21.5 Å². The van der Waals surface area contributed by atoms with Gasteiger partial charge in [0.1, 0.15) is 29.1 Å². The van der Waals surface area contributed by atoms with Crippen LogP contribution in [0.3, 0.4) is 0 Å². The summed E-state index contributed by atoms with van der Waals surface area (Å²) in [6.07, 6.45) is 7.13. The molecule has 0 radical (unpaired) electrons. The van der Waals surface area contributed by atoms with Crippen molar-refractivity contribution >= 4 is 58.4 Å². The highest BCUT2D eigenvalue weighted by Gasteiger charge is 2.45. The van der Waals surface area contributed by atoms with Crippen molar-refractivity contribution in [2.24, 2.45) is 4.99 Å². The van der Waals surface area contributed by atoms with Gasteiger partial charge in [0.2, 0.25) is 11.8 Å². The Labute approximate surface area is 319 Å². The lowest BCUT2D eigenvalue weighted by Crippen LogP contribution is -2.54. The second kappa shape index (κ2) is 14.1. The average Bonchev–Trinajstić information content (AvgIpc) is 3.87. The van der Waals surface area contributed by atoms with Crippen LogP contribution in [0.4, 0.5) is 0 Å². The summed E-state index contributed by atoms with van der Waals surface area (Å²) in [6, 6.07) is 11.8. The van der Waals surface area contributed by atoms with Crippen molar-refractivity contribution in [3.8, 4) is 16.8 Å². The van der Waals surface area contributed by atoms with Crippen LogP contribution in [0.5, 0.6) is 0 Å². The van der Waals surface area contributed by atoms with Gasteiger partial charge in [-0.2, -0.15) is 0 Å². The van der Waals surface area contributed by atoms with E-state index in [1.165, 1.54) is 0 Å². The molecule has 270 valence electrons. The van der Waals surface area contributed by atoms with Crippen LogP contribution in [0.15, 0.2) is 65.6 Å². The number of aliphatic imine (C=N–C) groups is 1. The SMILES string of the molecule is C/C(=C/c1cccc2c1C(=O)N(C1CCC(=O)NC1=O)C2=O)CCCn1cncc1C#Cc1sc2c(c1C)C(c1ccc(Cl)cc1)=NCc1nnc(C)n1-2. The quantitative estimate of drug-likeness (QED) is 0.163. The number of halogens is 1. The highest BCUT2D eigenvalue weighted by atomic mass is 35.5. The molecule has 1 unspecified atom stereocenters. The summed E-state index contributed by atoms with van der Waals surface area (Å²) in [5.74, 6) is 6.24. The smallest absolute Gasteiger partial charge is 0.262 e. The number of imide groups is 2. The zero-order valence-electron chi connectivity index (χ0n) is 29.6. The molecular formula is C40H33ClN8O4S. The Balaban J connectivity index is 0.993. The molecule has 5 aromatic rings. The minimum atomic E-state index is -1.01. The number of thiophene rings is 1. The van der Waals surface area contributed by atoms with Crippen molar-refractivity contribution in [2.45, 2.75) is 65.6 Å². The standard InChI is InChI=1S/C40H33ClN8O4S/c1-22(18-26-7-4-8-29-35(26)39(53)49(38(29)52)30-14-16-33(50)44-37(30)51)6-5-17-47-21-42-19-28(47)13-15-31-23(2)34-36(25-9-11-27(41)12-10-25)43-20-32-46-45-24(3)48(32)40(34)54-31/h4,7-12,18-19,21,30H,5-6,14,16-17,20H2,1-3H3,(H,44,50,51)/b22-18-. The molecule has 1 atom stereocenters. The normalized spacial score (nSPS) is 16.7. The Morgan fingerprint density at radius 2 is 1.85 bits per heavy atom. The second-order valence-electron chi connectivity index (χ2n) is 13.4. The number of hydrogen-bond donors (Lipinski definition) is 1. The van der Waals surface area contributed by atoms with Gasteiger partial charge >= 0.3 is 0 Å². The van der Waals surface area contributed by atoms with Crippen molar-refractivity contribution in [1.29, 1.82) is 0 Å². The highest BCUT2D eigenvalue weighted by Crippen LogP contribution is 2.37. The van der Waals surface area contributed by atoms with Gasteiger partial charge in [0, 0.05) is 29.1 Å². The monoisotopic (exact) mass is 756 g/mol. The summed E-state index contributed by atoms with van der Waals surface area (Å²) in [6.45, 7) is 7.07. The number of hydrogen-bond acceptors (Lipinski definition) is 9. The number of nitrogens with one attached hydrogen (secondary N) is 1. The first kappa shape index (κ1) is 35.1. The summed E-state index contributed by atoms with van der Waals surface area (Å²) in [4.78, 5) is 62.2. The van der Waals surface area contributed by atoms with Gasteiger partial charge in [-0.1, -0.05) is 47.5 Å². The number of rotatable bonds is 7. The fourth-order valence-corrected chi connectivity index (χ4v) is 8.51. The number of aromatic nitrogens is 5. The van der Waals surface area contributed by atoms with Gasteiger partial charge in [0.25, 0.3) is 11.8 Å². The molecule has 0 bridgehead atoms. The maximum absolute atomic E-state index is 13.5. The van der Waals surface area contributed by atoms with E-state index in [0.717, 1.165) is 72.9 Å². The zero-order valence-corrected chi connectivity index (χ0v) is 31.2. The van der Waals surface area contributed by atoms with Gasteiger partial charge in [0.05, 0.1) is 34.2 Å². The number of fused-ring (bicyclic) bond motifs is 4. The zero-order chi connectivity index (χ0) is 37.7. The second-order valence-corrected chi connectivity index (χ2v) is 14.9. The van der Waals surface area contributed by atoms with Crippen molar-refractivity contribution in [3.63, 3.8) is 0 Å². The van der Waals surface area contributed by atoms with Gasteiger partial charge in [-0.3, -0.25) is 39.0 Å². The van der Waals surface area contributed by atoms with Crippen molar-refractivity contribution in [1.82, 2.24) is 34.5 Å². The molecule has 8 rings (SSSR count). The third-order valence-electron chi connectivity index (χ3n) is 9.84. The molecular weight excluding hydrogens is 724 g/mol. The number of allylic oxidation sites excluding steroid dienone is 1. The van der Waals surface area contributed by atoms with E-state index in [-0.39, 0.29) is 24.0 Å². The first-order valence-electron chi connectivity index (χ1n) is 17.5. The molecule has 54 heavy (non-hydrogen) atoms. The maximum Gasteiger partial charge on any atom is 0.262 e. The molecule has 2 aromatic carbocycles. The van der Waals surface area contributed by atoms with Gasteiger partial charge in [-0.25, -0.2) is 4.98 Å². The summed E-state index contributed by atoms with van der Waals surface area (Å²) in [5.41, 5.74) is 6.82. The van der Waals surface area contributed by atoms with Crippen LogP contribution in [-0.4, -0.2) is 64.6 Å². The summed E-state index contributed by atoms with van der Waals surface area (Å²) >= 11 is 7.80. The molecule has 3 aliphatic heterocycles. The van der Waals surface area contributed by atoms with E-state index in [9.17, 15) is 19.2 Å². The van der Waals surface area contributed by atoms with Crippen LogP contribution in [0.2, 0.25) is 5.02 Å². The van der Waals surface area contributed by atoms with E-state index in [0.29, 0.717) is 23.7 Å². The molecule has 1 N–H and O–H groups in total. The predicted molar refractivity (Wildman–Crippen MR) is 204 cm³/mol. The number of benzene rings is 2. The topological polar surface area (TPSA) is 144 Å². The lowest BCUT2D eigenvalue weighted by atomic mass is 9.99. The van der Waals surface area contributed by atoms with Crippen molar-refractivity contribution < 1.29 is 19.2 Å². The summed E-state index contributed by atoms with van der Waals surface area (Å²) in [5, 5.41) is 12.6. The minimum absolute atomic E-state index is 0.0708. The van der Waals surface area contributed by atoms with Crippen LogP contribution in [0.1, 0.15) is 97.8 Å². The molecule has 0 saturated carbocycles. The van der Waals surface area contributed by atoms with Gasteiger partial charge in [-0.05, 0) is 81.2 Å². The molecule has 6 heterocycles. The predicted octanol–water partition coefficient (Wildman–Crippen LogP) is 5.83. The molecule has 1 saturated heterocycles. The Bertz CT molecular complexity index is 2530. The van der Waals surface area contributed by atoms with Gasteiger partial charge < -0.3 is 4.57 Å². The minimum Gasteiger partial charge on any atom is -0.324 e. The number of imidazole rings is 1. The molecule has 0 aliphatic carbocycles. The van der Waals surface area contributed by atoms with Crippen LogP contribution >= 0.6 is 22.9 Å². The lowest BCUT2D eigenvalue weighted by Gasteiger charge is -2.27. The number of amides is 4. The molecule has 1 fully saturated rings. The average molecular weight is 757 g/mol. The largest absolute Gasteiger partial charge is 0.324 e. The Hall–Kier alpha value is -5.97. The summed E-state index contributed by atoms with van der Waals surface area (Å²) in [7, 11) is 0.